The number of aromatic hydroxyl groups is 1. The maximum absolute atomic E-state index is 11.9. The second-order valence-corrected chi connectivity index (χ2v) is 4.78. The van der Waals surface area contributed by atoms with Crippen LogP contribution < -0.4 is 14.8 Å². The predicted octanol–water partition coefficient (Wildman–Crippen LogP) is 2.38. The molecule has 0 aliphatic carbocycles. The van der Waals surface area contributed by atoms with Crippen LogP contribution in [0.4, 0.5) is 0 Å². The molecular weight excluding hydrogens is 310 g/mol. The van der Waals surface area contributed by atoms with Crippen LogP contribution in [-0.4, -0.2) is 31.1 Å². The van der Waals surface area contributed by atoms with Gasteiger partial charge in [-0.3, -0.25) is 14.9 Å². The van der Waals surface area contributed by atoms with Gasteiger partial charge in [-0.1, -0.05) is 18.2 Å². The molecule has 0 aliphatic rings. The molecule has 2 aromatic carbocycles. The molecule has 0 fully saturated rings. The number of amides is 2. The van der Waals surface area contributed by atoms with Crippen LogP contribution in [0.3, 0.4) is 0 Å². The molecule has 0 radical (unpaired) electrons. The smallest absolute Gasteiger partial charge is 0.261 e. The molecule has 0 atom stereocenters. The monoisotopic (exact) mass is 327 g/mol. The summed E-state index contributed by atoms with van der Waals surface area (Å²) in [5.41, 5.74) is 0.739. The Kier molecular flexibility index (Phi) is 5.57. The van der Waals surface area contributed by atoms with Crippen molar-refractivity contribution >= 4 is 17.9 Å². The van der Waals surface area contributed by atoms with Gasteiger partial charge >= 0.3 is 0 Å². The number of hydrogen-bond acceptors (Lipinski definition) is 5. The molecule has 2 rings (SSSR count). The molecule has 24 heavy (non-hydrogen) atoms. The van der Waals surface area contributed by atoms with Crippen LogP contribution >= 0.6 is 0 Å². The molecular formula is C18H17NO5. The number of imide groups is 1. The van der Waals surface area contributed by atoms with Crippen LogP contribution in [0, 0.1) is 0 Å². The van der Waals surface area contributed by atoms with Gasteiger partial charge in [0.25, 0.3) is 11.8 Å². The number of carbonyl (C=O) groups excluding carboxylic acids is 2. The fourth-order valence-electron chi connectivity index (χ4n) is 2.01. The van der Waals surface area contributed by atoms with Gasteiger partial charge in [0.15, 0.2) is 11.5 Å². The molecule has 0 heterocycles. The van der Waals surface area contributed by atoms with Crippen molar-refractivity contribution in [1.29, 1.82) is 0 Å². The zero-order valence-electron chi connectivity index (χ0n) is 13.3. The summed E-state index contributed by atoms with van der Waals surface area (Å²) in [6.07, 6.45) is 2.76. The number of carbonyl (C=O) groups is 2. The first-order chi connectivity index (χ1) is 11.5. The van der Waals surface area contributed by atoms with E-state index in [0.29, 0.717) is 17.1 Å². The van der Waals surface area contributed by atoms with Crippen LogP contribution in [0.2, 0.25) is 0 Å². The summed E-state index contributed by atoms with van der Waals surface area (Å²) in [4.78, 5) is 23.7. The number of para-hydroxylation sites is 1. The van der Waals surface area contributed by atoms with Crippen molar-refractivity contribution in [2.24, 2.45) is 0 Å². The first-order valence-electron chi connectivity index (χ1n) is 7.08. The fraction of sp³-hybridized carbons (Fsp3) is 0.111. The fourth-order valence-corrected chi connectivity index (χ4v) is 2.01. The van der Waals surface area contributed by atoms with Crippen molar-refractivity contribution in [2.45, 2.75) is 0 Å². The molecule has 0 saturated carbocycles. The lowest BCUT2D eigenvalue weighted by atomic mass is 10.1. The van der Waals surface area contributed by atoms with Crippen molar-refractivity contribution in [3.63, 3.8) is 0 Å². The quantitative estimate of drug-likeness (QED) is 0.824. The molecule has 2 amide bonds. The van der Waals surface area contributed by atoms with E-state index in [0.717, 1.165) is 0 Å². The first kappa shape index (κ1) is 17.1. The highest BCUT2D eigenvalue weighted by atomic mass is 16.5. The highest BCUT2D eigenvalue weighted by molar-refractivity contribution is 6.10. The number of hydrogen-bond donors (Lipinski definition) is 2. The molecule has 6 nitrogen and oxygen atoms in total. The van der Waals surface area contributed by atoms with Crippen LogP contribution in [0.1, 0.15) is 15.9 Å². The molecule has 2 aromatic rings. The zero-order chi connectivity index (χ0) is 17.5. The van der Waals surface area contributed by atoms with E-state index in [1.807, 2.05) is 0 Å². The number of nitrogens with one attached hydrogen (secondary N) is 1. The minimum Gasteiger partial charge on any atom is -0.507 e. The molecule has 0 aliphatic heterocycles. The number of phenols is 1. The van der Waals surface area contributed by atoms with Crippen LogP contribution in [-0.2, 0) is 4.79 Å². The third kappa shape index (κ3) is 4.13. The summed E-state index contributed by atoms with van der Waals surface area (Å²) < 4.78 is 10.3. The van der Waals surface area contributed by atoms with Gasteiger partial charge in [-0.2, -0.15) is 0 Å². The molecule has 6 heteroatoms. The van der Waals surface area contributed by atoms with E-state index < -0.39 is 11.8 Å². The lowest BCUT2D eigenvalue weighted by Crippen LogP contribution is -2.28. The van der Waals surface area contributed by atoms with Gasteiger partial charge in [-0.15, -0.1) is 0 Å². The first-order valence-corrected chi connectivity index (χ1v) is 7.08. The standard InChI is InChI=1S/C18H17NO5/c1-23-15-9-7-12(11-16(15)24-2)8-10-17(21)19-18(22)13-5-3-4-6-14(13)20/h3-11,20H,1-2H3,(H,19,21,22)/b10-8-. The Bertz CT molecular complexity index is 783. The molecule has 0 bridgehead atoms. The van der Waals surface area contributed by atoms with Gasteiger partial charge < -0.3 is 14.6 Å². The second kappa shape index (κ2) is 7.82. The van der Waals surface area contributed by atoms with E-state index in [2.05, 4.69) is 5.32 Å². The number of phenolic OH excluding ortho intramolecular Hbond substituents is 1. The summed E-state index contributed by atoms with van der Waals surface area (Å²) in [6, 6.07) is 11.1. The van der Waals surface area contributed by atoms with Gasteiger partial charge in [-0.05, 0) is 35.9 Å². The predicted molar refractivity (Wildman–Crippen MR) is 89.2 cm³/mol. The number of ether oxygens (including phenoxy) is 2. The normalized spacial score (nSPS) is 10.4. The van der Waals surface area contributed by atoms with E-state index in [1.165, 1.54) is 38.5 Å². The van der Waals surface area contributed by atoms with Gasteiger partial charge in [0.1, 0.15) is 5.75 Å². The van der Waals surface area contributed by atoms with E-state index in [-0.39, 0.29) is 11.3 Å². The molecule has 2 N–H and O–H groups in total. The number of methoxy groups -OCH3 is 2. The van der Waals surface area contributed by atoms with Crippen LogP contribution in [0.25, 0.3) is 6.08 Å². The van der Waals surface area contributed by atoms with Crippen molar-refractivity contribution in [1.82, 2.24) is 5.32 Å². The zero-order valence-corrected chi connectivity index (χ0v) is 13.3. The number of rotatable bonds is 5. The van der Waals surface area contributed by atoms with Gasteiger partial charge in [0.05, 0.1) is 19.8 Å². The Morgan fingerprint density at radius 3 is 2.42 bits per heavy atom. The van der Waals surface area contributed by atoms with Gasteiger partial charge in [0, 0.05) is 6.08 Å². The molecule has 124 valence electrons. The van der Waals surface area contributed by atoms with E-state index >= 15 is 0 Å². The third-order valence-electron chi connectivity index (χ3n) is 3.22. The van der Waals surface area contributed by atoms with Crippen molar-refractivity contribution in [3.8, 4) is 17.2 Å². The topological polar surface area (TPSA) is 84.9 Å². The SMILES string of the molecule is COc1ccc(/C=C\C(=O)NC(=O)c2ccccc2O)cc1OC. The molecule has 0 aromatic heterocycles. The lowest BCUT2D eigenvalue weighted by Gasteiger charge is -2.07. The van der Waals surface area contributed by atoms with E-state index in [4.69, 9.17) is 9.47 Å². The van der Waals surface area contributed by atoms with Gasteiger partial charge in [0.2, 0.25) is 0 Å². The highest BCUT2D eigenvalue weighted by Crippen LogP contribution is 2.27. The largest absolute Gasteiger partial charge is 0.507 e. The Hall–Kier alpha value is -3.28. The van der Waals surface area contributed by atoms with Crippen molar-refractivity contribution < 1.29 is 24.2 Å². The highest BCUT2D eigenvalue weighted by Gasteiger charge is 2.12. The average Bonchev–Trinajstić information content (AvgIpc) is 2.59. The Balaban J connectivity index is 2.05. The lowest BCUT2D eigenvalue weighted by molar-refractivity contribution is -0.115. The maximum atomic E-state index is 11.9. The van der Waals surface area contributed by atoms with Crippen LogP contribution in [0.5, 0.6) is 17.2 Å². The van der Waals surface area contributed by atoms with Gasteiger partial charge in [-0.25, -0.2) is 0 Å². The van der Waals surface area contributed by atoms with Crippen molar-refractivity contribution in [3.05, 3.63) is 59.7 Å². The molecule has 0 saturated heterocycles. The summed E-state index contributed by atoms with van der Waals surface area (Å²) >= 11 is 0. The Labute approximate surface area is 139 Å². The summed E-state index contributed by atoms with van der Waals surface area (Å²) in [5.74, 6) is -0.348. The second-order valence-electron chi connectivity index (χ2n) is 4.78. The Morgan fingerprint density at radius 2 is 1.75 bits per heavy atom. The molecule has 0 spiro atoms. The minimum absolute atomic E-state index is 0.0327. The summed E-state index contributed by atoms with van der Waals surface area (Å²) in [5, 5.41) is 11.8. The number of benzene rings is 2. The Morgan fingerprint density at radius 1 is 1.04 bits per heavy atom. The molecule has 0 unspecified atom stereocenters. The van der Waals surface area contributed by atoms with E-state index in [1.54, 1.807) is 30.3 Å². The van der Waals surface area contributed by atoms with Crippen molar-refractivity contribution in [2.75, 3.05) is 14.2 Å². The summed E-state index contributed by atoms with van der Waals surface area (Å²) in [6.45, 7) is 0. The third-order valence-corrected chi connectivity index (χ3v) is 3.22. The average molecular weight is 327 g/mol. The van der Waals surface area contributed by atoms with Crippen LogP contribution in [0.15, 0.2) is 48.5 Å². The van der Waals surface area contributed by atoms with E-state index in [9.17, 15) is 14.7 Å². The summed E-state index contributed by atoms with van der Waals surface area (Å²) in [7, 11) is 3.05. The minimum atomic E-state index is -0.671. The maximum Gasteiger partial charge on any atom is 0.261 e.